The van der Waals surface area contributed by atoms with Crippen LogP contribution in [0.25, 0.3) is 0 Å². The van der Waals surface area contributed by atoms with Gasteiger partial charge in [0.25, 0.3) is 0 Å². The number of nitrogens with zero attached hydrogens (tertiary/aromatic N) is 2. The van der Waals surface area contributed by atoms with Gasteiger partial charge in [0.1, 0.15) is 0 Å². The molecule has 1 saturated heterocycles. The SMILES string of the molecule is CC(C)NCC1CCCCN1Cc1cccnc1. The summed E-state index contributed by atoms with van der Waals surface area (Å²) in [6, 6.07) is 5.46. The van der Waals surface area contributed by atoms with Crippen molar-refractivity contribution >= 4 is 0 Å². The lowest BCUT2D eigenvalue weighted by atomic mass is 10.0. The van der Waals surface area contributed by atoms with E-state index in [0.717, 1.165) is 13.1 Å². The summed E-state index contributed by atoms with van der Waals surface area (Å²) in [7, 11) is 0. The largest absolute Gasteiger partial charge is 0.313 e. The Morgan fingerprint density at radius 1 is 1.44 bits per heavy atom. The van der Waals surface area contributed by atoms with Crippen LogP contribution in [0.4, 0.5) is 0 Å². The molecule has 18 heavy (non-hydrogen) atoms. The van der Waals surface area contributed by atoms with Crippen molar-refractivity contribution in [2.24, 2.45) is 0 Å². The van der Waals surface area contributed by atoms with E-state index in [1.807, 2.05) is 18.5 Å². The number of rotatable bonds is 5. The van der Waals surface area contributed by atoms with E-state index < -0.39 is 0 Å². The molecular weight excluding hydrogens is 222 g/mol. The molecule has 3 heteroatoms. The first-order chi connectivity index (χ1) is 8.75. The van der Waals surface area contributed by atoms with E-state index in [0.29, 0.717) is 12.1 Å². The van der Waals surface area contributed by atoms with E-state index in [-0.39, 0.29) is 0 Å². The zero-order valence-electron chi connectivity index (χ0n) is 11.6. The molecule has 1 fully saturated rings. The minimum Gasteiger partial charge on any atom is -0.313 e. The van der Waals surface area contributed by atoms with Crippen molar-refractivity contribution in [2.75, 3.05) is 13.1 Å². The number of nitrogens with one attached hydrogen (secondary N) is 1. The van der Waals surface area contributed by atoms with E-state index in [4.69, 9.17) is 0 Å². The normalized spacial score (nSPS) is 21.4. The third-order valence-electron chi connectivity index (χ3n) is 3.62. The molecule has 3 nitrogen and oxygen atoms in total. The van der Waals surface area contributed by atoms with Crippen LogP contribution in [0, 0.1) is 0 Å². The van der Waals surface area contributed by atoms with Gasteiger partial charge in [-0.25, -0.2) is 0 Å². The molecule has 0 spiro atoms. The highest BCUT2D eigenvalue weighted by Crippen LogP contribution is 2.19. The zero-order chi connectivity index (χ0) is 12.8. The van der Waals surface area contributed by atoms with E-state index in [9.17, 15) is 0 Å². The van der Waals surface area contributed by atoms with E-state index in [1.165, 1.54) is 31.4 Å². The molecule has 2 rings (SSSR count). The lowest BCUT2D eigenvalue weighted by Gasteiger charge is -2.36. The fourth-order valence-electron chi connectivity index (χ4n) is 2.60. The Morgan fingerprint density at radius 2 is 2.33 bits per heavy atom. The summed E-state index contributed by atoms with van der Waals surface area (Å²) in [5.41, 5.74) is 1.33. The highest BCUT2D eigenvalue weighted by molar-refractivity contribution is 5.08. The van der Waals surface area contributed by atoms with Crippen LogP contribution in [0.15, 0.2) is 24.5 Å². The second kappa shape index (κ2) is 6.86. The van der Waals surface area contributed by atoms with Crippen LogP contribution in [-0.4, -0.2) is 35.1 Å². The summed E-state index contributed by atoms with van der Waals surface area (Å²) < 4.78 is 0. The molecule has 1 aromatic heterocycles. The average molecular weight is 247 g/mol. The molecule has 1 aliphatic rings. The maximum absolute atomic E-state index is 4.21. The first-order valence-electron chi connectivity index (χ1n) is 7.12. The first-order valence-corrected chi connectivity index (χ1v) is 7.12. The smallest absolute Gasteiger partial charge is 0.0312 e. The number of likely N-dealkylation sites (tertiary alicyclic amines) is 1. The standard InChI is InChI=1S/C15H25N3/c1-13(2)17-11-15-7-3-4-9-18(15)12-14-6-5-8-16-10-14/h5-6,8,10,13,15,17H,3-4,7,9,11-12H2,1-2H3. The molecule has 1 aromatic rings. The predicted molar refractivity (Wildman–Crippen MR) is 75.4 cm³/mol. The second-order valence-corrected chi connectivity index (χ2v) is 5.54. The second-order valence-electron chi connectivity index (χ2n) is 5.54. The molecule has 100 valence electrons. The van der Waals surface area contributed by atoms with Crippen LogP contribution in [-0.2, 0) is 6.54 Å². The van der Waals surface area contributed by atoms with Crippen molar-refractivity contribution in [2.45, 2.75) is 51.7 Å². The maximum atomic E-state index is 4.21. The zero-order valence-corrected chi connectivity index (χ0v) is 11.6. The molecule has 1 aliphatic heterocycles. The lowest BCUT2D eigenvalue weighted by molar-refractivity contribution is 0.135. The van der Waals surface area contributed by atoms with Crippen LogP contribution >= 0.6 is 0 Å². The molecule has 0 saturated carbocycles. The van der Waals surface area contributed by atoms with Crippen molar-refractivity contribution < 1.29 is 0 Å². The number of aromatic nitrogens is 1. The molecule has 1 atom stereocenters. The molecule has 0 bridgehead atoms. The summed E-state index contributed by atoms with van der Waals surface area (Å²) in [5, 5.41) is 3.57. The summed E-state index contributed by atoms with van der Waals surface area (Å²) in [5.74, 6) is 0. The first kappa shape index (κ1) is 13.5. The van der Waals surface area contributed by atoms with Gasteiger partial charge in [0.05, 0.1) is 0 Å². The molecule has 2 heterocycles. The van der Waals surface area contributed by atoms with Gasteiger partial charge in [0.2, 0.25) is 0 Å². The Kier molecular flexibility index (Phi) is 5.14. The van der Waals surface area contributed by atoms with Gasteiger partial charge < -0.3 is 5.32 Å². The van der Waals surface area contributed by atoms with Gasteiger partial charge in [-0.15, -0.1) is 0 Å². The third kappa shape index (κ3) is 4.07. The number of hydrogen-bond donors (Lipinski definition) is 1. The Bertz CT molecular complexity index is 337. The molecule has 0 aliphatic carbocycles. The fourth-order valence-corrected chi connectivity index (χ4v) is 2.60. The van der Waals surface area contributed by atoms with Gasteiger partial charge in [0.15, 0.2) is 0 Å². The Morgan fingerprint density at radius 3 is 3.06 bits per heavy atom. The predicted octanol–water partition coefficient (Wildman–Crippen LogP) is 2.43. The fraction of sp³-hybridized carbons (Fsp3) is 0.667. The van der Waals surface area contributed by atoms with Gasteiger partial charge in [-0.05, 0) is 31.0 Å². The van der Waals surface area contributed by atoms with Crippen molar-refractivity contribution in [1.82, 2.24) is 15.2 Å². The van der Waals surface area contributed by atoms with E-state index in [2.05, 4.69) is 35.1 Å². The van der Waals surface area contributed by atoms with Crippen molar-refractivity contribution in [3.63, 3.8) is 0 Å². The summed E-state index contributed by atoms with van der Waals surface area (Å²) >= 11 is 0. The van der Waals surface area contributed by atoms with Gasteiger partial charge in [-0.3, -0.25) is 9.88 Å². The summed E-state index contributed by atoms with van der Waals surface area (Å²) in [6.07, 6.45) is 7.85. The van der Waals surface area contributed by atoms with Crippen molar-refractivity contribution in [3.8, 4) is 0 Å². The highest BCUT2D eigenvalue weighted by atomic mass is 15.2. The van der Waals surface area contributed by atoms with Crippen LogP contribution in [0.5, 0.6) is 0 Å². The monoisotopic (exact) mass is 247 g/mol. The maximum Gasteiger partial charge on any atom is 0.0312 e. The van der Waals surface area contributed by atoms with E-state index >= 15 is 0 Å². The highest BCUT2D eigenvalue weighted by Gasteiger charge is 2.22. The lowest BCUT2D eigenvalue weighted by Crippen LogP contribution is -2.46. The minimum absolute atomic E-state index is 0.576. The summed E-state index contributed by atoms with van der Waals surface area (Å²) in [6.45, 7) is 7.80. The molecule has 0 aromatic carbocycles. The van der Waals surface area contributed by atoms with Crippen LogP contribution in [0.3, 0.4) is 0 Å². The van der Waals surface area contributed by atoms with Gasteiger partial charge >= 0.3 is 0 Å². The average Bonchev–Trinajstić information content (AvgIpc) is 2.39. The number of pyridine rings is 1. The number of piperidine rings is 1. The van der Waals surface area contributed by atoms with Crippen LogP contribution < -0.4 is 5.32 Å². The third-order valence-corrected chi connectivity index (χ3v) is 3.62. The Hall–Kier alpha value is -0.930. The van der Waals surface area contributed by atoms with Crippen molar-refractivity contribution in [1.29, 1.82) is 0 Å². The molecule has 0 amide bonds. The van der Waals surface area contributed by atoms with E-state index in [1.54, 1.807) is 0 Å². The topological polar surface area (TPSA) is 28.2 Å². The number of hydrogen-bond acceptors (Lipinski definition) is 3. The molecule has 1 N–H and O–H groups in total. The quantitative estimate of drug-likeness (QED) is 0.866. The Balaban J connectivity index is 1.91. The van der Waals surface area contributed by atoms with Gasteiger partial charge in [-0.1, -0.05) is 26.3 Å². The van der Waals surface area contributed by atoms with Gasteiger partial charge in [-0.2, -0.15) is 0 Å². The van der Waals surface area contributed by atoms with Crippen LogP contribution in [0.2, 0.25) is 0 Å². The van der Waals surface area contributed by atoms with Crippen molar-refractivity contribution in [3.05, 3.63) is 30.1 Å². The molecular formula is C15H25N3. The molecule has 0 radical (unpaired) electrons. The summed E-state index contributed by atoms with van der Waals surface area (Å²) in [4.78, 5) is 6.81. The van der Waals surface area contributed by atoms with Gasteiger partial charge in [0, 0.05) is 37.6 Å². The minimum atomic E-state index is 0.576. The molecule has 1 unspecified atom stereocenters. The Labute approximate surface area is 111 Å². The van der Waals surface area contributed by atoms with Crippen LogP contribution in [0.1, 0.15) is 38.7 Å².